The first-order chi connectivity index (χ1) is 7.12. The Morgan fingerprint density at radius 1 is 1.33 bits per heavy atom. The lowest BCUT2D eigenvalue weighted by atomic mass is 9.93. The van der Waals surface area contributed by atoms with Crippen LogP contribution in [0.25, 0.3) is 0 Å². The van der Waals surface area contributed by atoms with Crippen molar-refractivity contribution in [3.8, 4) is 0 Å². The van der Waals surface area contributed by atoms with Crippen molar-refractivity contribution in [2.45, 2.75) is 51.5 Å². The van der Waals surface area contributed by atoms with Crippen LogP contribution in [0, 0.1) is 5.41 Å². The summed E-state index contributed by atoms with van der Waals surface area (Å²) in [5, 5.41) is 7.70. The number of aryl methyl sites for hydroxylation is 1. The highest BCUT2D eigenvalue weighted by Gasteiger charge is 2.58. The fraction of sp³-hybridized carbons (Fsp3) is 0.750. The summed E-state index contributed by atoms with van der Waals surface area (Å²) in [6.07, 6.45) is 4.97. The second-order valence-corrected chi connectivity index (χ2v) is 5.60. The number of hydrogen-bond donors (Lipinski definition) is 2. The smallest absolute Gasteiger partial charge is 0.0709 e. The Morgan fingerprint density at radius 3 is 2.67 bits per heavy atom. The molecule has 0 unspecified atom stereocenters. The van der Waals surface area contributed by atoms with Gasteiger partial charge in [-0.2, -0.15) is 5.10 Å². The van der Waals surface area contributed by atoms with Crippen molar-refractivity contribution in [1.82, 2.24) is 10.2 Å². The van der Waals surface area contributed by atoms with Gasteiger partial charge in [-0.3, -0.25) is 5.10 Å². The number of nitrogens with zero attached hydrogens (tertiary/aromatic N) is 1. The lowest BCUT2D eigenvalue weighted by molar-refractivity contribution is 0.592. The van der Waals surface area contributed by atoms with Crippen molar-refractivity contribution in [1.29, 1.82) is 0 Å². The zero-order valence-corrected chi connectivity index (χ0v) is 9.51. The average molecular weight is 205 g/mol. The highest BCUT2D eigenvalue weighted by molar-refractivity contribution is 5.38. The monoisotopic (exact) mass is 205 g/mol. The van der Waals surface area contributed by atoms with Crippen molar-refractivity contribution < 1.29 is 0 Å². The Balaban J connectivity index is 1.97. The lowest BCUT2D eigenvalue weighted by Gasteiger charge is -2.11. The van der Waals surface area contributed by atoms with E-state index in [2.05, 4.69) is 24.0 Å². The number of nitrogens with two attached hydrogens (primary N) is 1. The first-order valence-electron chi connectivity index (χ1n) is 5.94. The molecule has 1 aromatic heterocycles. The van der Waals surface area contributed by atoms with Crippen molar-refractivity contribution in [3.05, 3.63) is 17.0 Å². The summed E-state index contributed by atoms with van der Waals surface area (Å²) >= 11 is 0. The van der Waals surface area contributed by atoms with Crippen LogP contribution in [0.2, 0.25) is 0 Å². The largest absolute Gasteiger partial charge is 0.327 e. The molecule has 82 valence electrons. The van der Waals surface area contributed by atoms with E-state index >= 15 is 0 Å². The van der Waals surface area contributed by atoms with Gasteiger partial charge >= 0.3 is 0 Å². The summed E-state index contributed by atoms with van der Waals surface area (Å²) in [5.41, 5.74) is 10.5. The lowest BCUT2D eigenvalue weighted by Crippen LogP contribution is -2.07. The third-order valence-electron chi connectivity index (χ3n) is 4.29. The predicted molar refractivity (Wildman–Crippen MR) is 59.7 cm³/mol. The van der Waals surface area contributed by atoms with Crippen LogP contribution in [0.15, 0.2) is 0 Å². The van der Waals surface area contributed by atoms with E-state index in [1.54, 1.807) is 0 Å². The Bertz CT molecular complexity index is 392. The van der Waals surface area contributed by atoms with E-state index in [-0.39, 0.29) is 5.41 Å². The molecule has 1 fully saturated rings. The van der Waals surface area contributed by atoms with Crippen LogP contribution in [-0.2, 0) is 12.8 Å². The molecular weight excluding hydrogens is 186 g/mol. The normalized spacial score (nSPS) is 32.5. The average Bonchev–Trinajstić information content (AvgIpc) is 2.63. The quantitative estimate of drug-likeness (QED) is 0.733. The van der Waals surface area contributed by atoms with Crippen molar-refractivity contribution in [3.63, 3.8) is 0 Å². The van der Waals surface area contributed by atoms with Crippen LogP contribution in [0.3, 0.4) is 0 Å². The van der Waals surface area contributed by atoms with Gasteiger partial charge in [-0.25, -0.2) is 0 Å². The molecule has 3 nitrogen and oxygen atoms in total. The molecular formula is C12H19N3. The van der Waals surface area contributed by atoms with E-state index in [4.69, 9.17) is 5.73 Å². The van der Waals surface area contributed by atoms with Gasteiger partial charge in [0.2, 0.25) is 0 Å². The van der Waals surface area contributed by atoms with E-state index in [1.165, 1.54) is 42.6 Å². The Hall–Kier alpha value is -0.830. The SMILES string of the molecule is CC1(C)[C@H](N)[C@H]1c1n[nH]c2c1CCCC2. The molecule has 2 atom stereocenters. The molecule has 2 aliphatic rings. The summed E-state index contributed by atoms with van der Waals surface area (Å²) < 4.78 is 0. The molecule has 0 aromatic carbocycles. The van der Waals surface area contributed by atoms with E-state index in [1.807, 2.05) is 0 Å². The van der Waals surface area contributed by atoms with Gasteiger partial charge in [0.1, 0.15) is 0 Å². The van der Waals surface area contributed by atoms with Crippen LogP contribution in [0.4, 0.5) is 0 Å². The fourth-order valence-electron chi connectivity index (χ4n) is 2.96. The van der Waals surface area contributed by atoms with Crippen LogP contribution in [0.1, 0.15) is 49.6 Å². The van der Waals surface area contributed by atoms with Crippen molar-refractivity contribution in [2.75, 3.05) is 0 Å². The molecule has 0 spiro atoms. The molecule has 2 aliphatic carbocycles. The van der Waals surface area contributed by atoms with Crippen LogP contribution >= 0.6 is 0 Å². The number of aromatic amines is 1. The van der Waals surface area contributed by atoms with Crippen molar-refractivity contribution >= 4 is 0 Å². The summed E-state index contributed by atoms with van der Waals surface area (Å²) in [5.74, 6) is 0.482. The Kier molecular flexibility index (Phi) is 1.78. The van der Waals surface area contributed by atoms with E-state index in [9.17, 15) is 0 Å². The van der Waals surface area contributed by atoms with Crippen LogP contribution in [-0.4, -0.2) is 16.2 Å². The van der Waals surface area contributed by atoms with Crippen LogP contribution < -0.4 is 5.73 Å². The summed E-state index contributed by atoms with van der Waals surface area (Å²) in [6, 6.07) is 0.298. The van der Waals surface area contributed by atoms with E-state index < -0.39 is 0 Å². The summed E-state index contributed by atoms with van der Waals surface area (Å²) in [6.45, 7) is 4.48. The van der Waals surface area contributed by atoms with Gasteiger partial charge in [0, 0.05) is 17.7 Å². The third-order valence-corrected chi connectivity index (χ3v) is 4.29. The zero-order chi connectivity index (χ0) is 10.6. The van der Waals surface area contributed by atoms with Gasteiger partial charge in [-0.05, 0) is 36.7 Å². The standard InChI is InChI=1S/C12H19N3/c1-12(2)9(11(12)13)10-7-5-3-4-6-8(7)14-15-10/h9,11H,3-6,13H2,1-2H3,(H,14,15)/t9-,11-/m1/s1. The molecule has 0 bridgehead atoms. The summed E-state index contributed by atoms with van der Waals surface area (Å²) in [4.78, 5) is 0. The number of rotatable bonds is 1. The maximum absolute atomic E-state index is 6.11. The molecule has 1 saturated carbocycles. The maximum atomic E-state index is 6.11. The number of hydrogen-bond acceptors (Lipinski definition) is 2. The van der Waals surface area contributed by atoms with E-state index in [0.717, 1.165) is 0 Å². The third kappa shape index (κ3) is 1.19. The first kappa shape index (κ1) is 9.40. The number of H-pyrrole nitrogens is 1. The molecule has 0 radical (unpaired) electrons. The minimum Gasteiger partial charge on any atom is -0.327 e. The molecule has 3 heteroatoms. The zero-order valence-electron chi connectivity index (χ0n) is 9.51. The molecule has 1 heterocycles. The van der Waals surface area contributed by atoms with Crippen molar-refractivity contribution in [2.24, 2.45) is 11.1 Å². The molecule has 0 amide bonds. The van der Waals surface area contributed by atoms with Gasteiger partial charge in [-0.15, -0.1) is 0 Å². The molecule has 3 rings (SSSR count). The molecule has 0 saturated heterocycles. The van der Waals surface area contributed by atoms with Gasteiger partial charge in [0.05, 0.1) is 5.69 Å². The highest BCUT2D eigenvalue weighted by atomic mass is 15.1. The molecule has 15 heavy (non-hydrogen) atoms. The van der Waals surface area contributed by atoms with Gasteiger partial charge in [-0.1, -0.05) is 13.8 Å². The number of nitrogens with one attached hydrogen (secondary N) is 1. The van der Waals surface area contributed by atoms with Gasteiger partial charge in [0.15, 0.2) is 0 Å². The molecule has 3 N–H and O–H groups in total. The van der Waals surface area contributed by atoms with Crippen LogP contribution in [0.5, 0.6) is 0 Å². The highest BCUT2D eigenvalue weighted by Crippen LogP contribution is 2.57. The number of aromatic nitrogens is 2. The second-order valence-electron chi connectivity index (χ2n) is 5.60. The van der Waals surface area contributed by atoms with Gasteiger partial charge in [0.25, 0.3) is 0 Å². The molecule has 0 aliphatic heterocycles. The minimum absolute atomic E-state index is 0.250. The topological polar surface area (TPSA) is 54.7 Å². The Morgan fingerprint density at radius 2 is 2.00 bits per heavy atom. The summed E-state index contributed by atoms with van der Waals surface area (Å²) in [7, 11) is 0. The minimum atomic E-state index is 0.250. The van der Waals surface area contributed by atoms with E-state index in [0.29, 0.717) is 12.0 Å². The second kappa shape index (κ2) is 2.85. The van der Waals surface area contributed by atoms with Gasteiger partial charge < -0.3 is 5.73 Å². The fourth-order valence-corrected chi connectivity index (χ4v) is 2.96. The first-order valence-corrected chi connectivity index (χ1v) is 5.94. The molecule has 1 aromatic rings. The predicted octanol–water partition coefficient (Wildman–Crippen LogP) is 1.74. The maximum Gasteiger partial charge on any atom is 0.0709 e. The number of fused-ring (bicyclic) bond motifs is 1. The Labute approximate surface area is 90.4 Å².